The molecule has 2 heterocycles. The molecule has 3 rings (SSSR count). The van der Waals surface area contributed by atoms with Crippen molar-refractivity contribution in [1.82, 2.24) is 5.32 Å². The quantitative estimate of drug-likeness (QED) is 0.911. The van der Waals surface area contributed by atoms with Crippen LogP contribution in [0.2, 0.25) is 0 Å². The smallest absolute Gasteiger partial charge is 0.373 e. The van der Waals surface area contributed by atoms with E-state index >= 15 is 0 Å². The molecule has 0 amide bonds. The zero-order chi connectivity index (χ0) is 14.2. The van der Waals surface area contributed by atoms with Crippen LogP contribution in [0.5, 0.6) is 0 Å². The molecule has 2 aliphatic heterocycles. The monoisotopic (exact) mass is 321 g/mol. The van der Waals surface area contributed by atoms with Gasteiger partial charge in [0.2, 0.25) is 0 Å². The van der Waals surface area contributed by atoms with Gasteiger partial charge in [-0.25, -0.2) is 0 Å². The molecule has 1 aromatic carbocycles. The van der Waals surface area contributed by atoms with E-state index in [0.717, 1.165) is 31.7 Å². The van der Waals surface area contributed by atoms with E-state index in [1.54, 1.807) is 6.07 Å². The van der Waals surface area contributed by atoms with Gasteiger partial charge in [0.1, 0.15) is 0 Å². The van der Waals surface area contributed by atoms with E-state index in [1.165, 1.54) is 12.1 Å². The highest BCUT2D eigenvalue weighted by Crippen LogP contribution is 2.33. The first-order valence-electron chi connectivity index (χ1n) is 7.05. The van der Waals surface area contributed by atoms with Gasteiger partial charge in [0, 0.05) is 12.1 Å². The van der Waals surface area contributed by atoms with Crippen molar-refractivity contribution in [2.24, 2.45) is 0 Å². The first-order chi connectivity index (χ1) is 9.52. The van der Waals surface area contributed by atoms with Crippen molar-refractivity contribution in [2.75, 3.05) is 0 Å². The van der Waals surface area contributed by atoms with Crippen molar-refractivity contribution in [1.29, 1.82) is 0 Å². The summed E-state index contributed by atoms with van der Waals surface area (Å²) in [6.45, 7) is 0.0415. The van der Waals surface area contributed by atoms with Crippen LogP contribution < -0.4 is 5.32 Å². The summed E-state index contributed by atoms with van der Waals surface area (Å²) in [4.78, 5) is 0. The number of fused-ring (bicyclic) bond motifs is 2. The van der Waals surface area contributed by atoms with Crippen LogP contribution in [0.25, 0.3) is 0 Å². The molecule has 2 fully saturated rings. The molecule has 21 heavy (non-hydrogen) atoms. The molecule has 0 radical (unpaired) electrons. The van der Waals surface area contributed by atoms with E-state index in [4.69, 9.17) is 4.74 Å². The van der Waals surface area contributed by atoms with Gasteiger partial charge in [0.25, 0.3) is 0 Å². The second-order valence-corrected chi connectivity index (χ2v) is 5.70. The minimum Gasteiger partial charge on any atom is -0.373 e. The molecule has 0 aromatic heterocycles. The highest BCUT2D eigenvalue weighted by Gasteiger charge is 2.35. The Morgan fingerprint density at radius 2 is 1.71 bits per heavy atom. The van der Waals surface area contributed by atoms with E-state index in [-0.39, 0.29) is 30.7 Å². The van der Waals surface area contributed by atoms with Gasteiger partial charge < -0.3 is 10.1 Å². The largest absolute Gasteiger partial charge is 0.416 e. The summed E-state index contributed by atoms with van der Waals surface area (Å²) in [7, 11) is 0. The summed E-state index contributed by atoms with van der Waals surface area (Å²) in [6, 6.07) is 6.62. The van der Waals surface area contributed by atoms with Crippen molar-refractivity contribution < 1.29 is 17.9 Å². The summed E-state index contributed by atoms with van der Waals surface area (Å²) < 4.78 is 44.4. The summed E-state index contributed by atoms with van der Waals surface area (Å²) in [5.74, 6) is 0. The van der Waals surface area contributed by atoms with Crippen LogP contribution >= 0.6 is 12.4 Å². The van der Waals surface area contributed by atoms with E-state index < -0.39 is 11.7 Å². The molecular formula is C15H19ClF3NO. The third-order valence-corrected chi connectivity index (χ3v) is 4.23. The van der Waals surface area contributed by atoms with Gasteiger partial charge in [-0.1, -0.05) is 18.2 Å². The second kappa shape index (κ2) is 6.55. The van der Waals surface area contributed by atoms with Gasteiger partial charge in [0.05, 0.1) is 18.3 Å². The van der Waals surface area contributed by atoms with Crippen LogP contribution in [0.4, 0.5) is 13.2 Å². The molecule has 6 heteroatoms. The summed E-state index contributed by atoms with van der Waals surface area (Å²) in [5.41, 5.74) is -0.359. The first-order valence-corrected chi connectivity index (χ1v) is 7.05. The minimum absolute atomic E-state index is 0. The maximum absolute atomic E-state index is 12.9. The fraction of sp³-hybridized carbons (Fsp3) is 0.600. The average Bonchev–Trinajstić information content (AvgIpc) is 2.75. The van der Waals surface area contributed by atoms with Crippen LogP contribution in [0.15, 0.2) is 24.3 Å². The number of rotatable bonds is 3. The number of hydrogen-bond acceptors (Lipinski definition) is 2. The molecule has 1 aromatic rings. The van der Waals surface area contributed by atoms with Gasteiger partial charge in [-0.2, -0.15) is 13.2 Å². The molecule has 0 aliphatic carbocycles. The van der Waals surface area contributed by atoms with Crippen LogP contribution in [0.1, 0.15) is 36.8 Å². The fourth-order valence-electron chi connectivity index (χ4n) is 3.27. The topological polar surface area (TPSA) is 21.3 Å². The van der Waals surface area contributed by atoms with Gasteiger partial charge in [-0.3, -0.25) is 0 Å². The number of nitrogens with one attached hydrogen (secondary N) is 1. The number of halogens is 4. The third kappa shape index (κ3) is 3.90. The van der Waals surface area contributed by atoms with Crippen molar-refractivity contribution >= 4 is 12.4 Å². The lowest BCUT2D eigenvalue weighted by molar-refractivity contribution is -0.139. The Bertz CT molecular complexity index is 468. The molecule has 0 saturated carbocycles. The lowest BCUT2D eigenvalue weighted by Crippen LogP contribution is -2.41. The SMILES string of the molecule is Cl.FC(F)(F)c1ccccc1COC1C[C@H]2CC[C@@H](C1)N2. The maximum atomic E-state index is 12.9. The zero-order valence-electron chi connectivity index (χ0n) is 11.5. The molecule has 2 bridgehead atoms. The van der Waals surface area contributed by atoms with Crippen molar-refractivity contribution in [3.05, 3.63) is 35.4 Å². The average molecular weight is 322 g/mol. The molecule has 2 aliphatic rings. The number of benzene rings is 1. The number of ether oxygens (including phenoxy) is 1. The molecule has 3 atom stereocenters. The van der Waals surface area contributed by atoms with Gasteiger partial charge in [0.15, 0.2) is 0 Å². The summed E-state index contributed by atoms with van der Waals surface area (Å²) >= 11 is 0. The Labute approximate surface area is 128 Å². The first kappa shape index (κ1) is 16.6. The Balaban J connectivity index is 0.00000161. The Morgan fingerprint density at radius 1 is 1.10 bits per heavy atom. The number of piperidine rings is 1. The summed E-state index contributed by atoms with van der Waals surface area (Å²) in [5, 5.41) is 3.49. The zero-order valence-corrected chi connectivity index (χ0v) is 12.3. The van der Waals surface area contributed by atoms with E-state index in [1.807, 2.05) is 0 Å². The predicted octanol–water partition coefficient (Wildman–Crippen LogP) is 3.93. The number of hydrogen-bond donors (Lipinski definition) is 1. The Morgan fingerprint density at radius 3 is 2.33 bits per heavy atom. The lowest BCUT2D eigenvalue weighted by Gasteiger charge is -2.29. The predicted molar refractivity (Wildman–Crippen MR) is 76.4 cm³/mol. The fourth-order valence-corrected chi connectivity index (χ4v) is 3.27. The van der Waals surface area contributed by atoms with Crippen molar-refractivity contribution in [3.8, 4) is 0 Å². The Kier molecular flexibility index (Phi) is 5.17. The second-order valence-electron chi connectivity index (χ2n) is 5.70. The number of alkyl halides is 3. The highest BCUT2D eigenvalue weighted by molar-refractivity contribution is 5.85. The molecule has 1 unspecified atom stereocenters. The Hall–Kier alpha value is -0.780. The van der Waals surface area contributed by atoms with Crippen LogP contribution in [-0.2, 0) is 17.5 Å². The van der Waals surface area contributed by atoms with Crippen molar-refractivity contribution in [3.63, 3.8) is 0 Å². The molecule has 1 N–H and O–H groups in total. The summed E-state index contributed by atoms with van der Waals surface area (Å²) in [6.07, 6.45) is -0.106. The van der Waals surface area contributed by atoms with E-state index in [0.29, 0.717) is 12.1 Å². The third-order valence-electron chi connectivity index (χ3n) is 4.23. The molecule has 2 saturated heterocycles. The van der Waals surface area contributed by atoms with E-state index in [2.05, 4.69) is 5.32 Å². The maximum Gasteiger partial charge on any atom is 0.416 e. The molecule has 2 nitrogen and oxygen atoms in total. The standard InChI is InChI=1S/C15H18F3NO.ClH/c16-15(17,18)14-4-2-1-3-10(14)9-20-13-7-11-5-6-12(8-13)19-11;/h1-4,11-13,19H,5-9H2;1H/t11-,12+,13?;. The van der Waals surface area contributed by atoms with Crippen molar-refractivity contribution in [2.45, 2.75) is 56.7 Å². The van der Waals surface area contributed by atoms with Gasteiger partial charge in [-0.05, 0) is 37.3 Å². The van der Waals surface area contributed by atoms with Crippen LogP contribution in [-0.4, -0.2) is 18.2 Å². The highest BCUT2D eigenvalue weighted by atomic mass is 35.5. The van der Waals surface area contributed by atoms with Crippen LogP contribution in [0, 0.1) is 0 Å². The normalized spacial score (nSPS) is 28.2. The molecule has 0 spiro atoms. The lowest BCUT2D eigenvalue weighted by atomic mass is 10.0. The van der Waals surface area contributed by atoms with Gasteiger partial charge in [-0.15, -0.1) is 12.4 Å². The van der Waals surface area contributed by atoms with Crippen LogP contribution in [0.3, 0.4) is 0 Å². The van der Waals surface area contributed by atoms with Gasteiger partial charge >= 0.3 is 6.18 Å². The van der Waals surface area contributed by atoms with E-state index in [9.17, 15) is 13.2 Å². The molecular weight excluding hydrogens is 303 g/mol. The molecule has 118 valence electrons. The minimum atomic E-state index is -4.31.